The second kappa shape index (κ2) is 7.68. The van der Waals surface area contributed by atoms with Crippen LogP contribution in [-0.2, 0) is 4.79 Å². The van der Waals surface area contributed by atoms with E-state index >= 15 is 0 Å². The molecule has 0 amide bonds. The number of hydrogen-bond acceptors (Lipinski definition) is 4. The van der Waals surface area contributed by atoms with E-state index in [2.05, 4.69) is 23.1 Å². The van der Waals surface area contributed by atoms with Crippen LogP contribution in [0.5, 0.6) is 11.5 Å². The number of rotatable bonds is 6. The first-order valence-electron chi connectivity index (χ1n) is 9.60. The number of carbonyl (C=O) groups is 1. The molecule has 0 saturated carbocycles. The van der Waals surface area contributed by atoms with Crippen LogP contribution in [0.3, 0.4) is 0 Å². The van der Waals surface area contributed by atoms with E-state index in [0.29, 0.717) is 17.1 Å². The van der Waals surface area contributed by atoms with Crippen molar-refractivity contribution in [1.82, 2.24) is 4.90 Å². The molecule has 0 radical (unpaired) electrons. The summed E-state index contributed by atoms with van der Waals surface area (Å²) in [6.07, 6.45) is 5.10. The Labute approximate surface area is 165 Å². The number of benzene rings is 2. The summed E-state index contributed by atoms with van der Waals surface area (Å²) >= 11 is 0. The molecule has 146 valence electrons. The minimum Gasteiger partial charge on any atom is -0.497 e. The van der Waals surface area contributed by atoms with Crippen molar-refractivity contribution in [2.45, 2.75) is 37.4 Å². The van der Waals surface area contributed by atoms with E-state index in [1.807, 2.05) is 18.2 Å². The zero-order chi connectivity index (χ0) is 19.7. The Balaban J connectivity index is 1.71. The first-order valence-corrected chi connectivity index (χ1v) is 9.60. The lowest BCUT2D eigenvalue weighted by atomic mass is 9.92. The molecule has 0 spiro atoms. The quantitative estimate of drug-likeness (QED) is 0.817. The van der Waals surface area contributed by atoms with Gasteiger partial charge in [-0.25, -0.2) is 0 Å². The van der Waals surface area contributed by atoms with Crippen LogP contribution in [0.1, 0.15) is 36.4 Å². The molecule has 1 saturated heterocycles. The smallest absolute Gasteiger partial charge is 0.325 e. The normalized spacial score (nSPS) is 22.4. The third kappa shape index (κ3) is 3.38. The van der Waals surface area contributed by atoms with Crippen LogP contribution >= 0.6 is 0 Å². The van der Waals surface area contributed by atoms with Gasteiger partial charge in [-0.05, 0) is 48.1 Å². The van der Waals surface area contributed by atoms with Crippen LogP contribution in [0, 0.1) is 0 Å². The molecule has 1 N–H and O–H groups in total. The standard InChI is InChI=1S/C23H25NO4/c1-27-20-12-17(13-21(14-20)28-2)22(23(25)26)24-18-8-9-19(24)11-16(10-18)15-6-4-3-5-7-15/h3-7,10,12-14,18-19,22H,8-9,11H2,1-2H3,(H,25,26). The van der Waals surface area contributed by atoms with Gasteiger partial charge in [0.1, 0.15) is 17.5 Å². The van der Waals surface area contributed by atoms with Crippen molar-refractivity contribution < 1.29 is 19.4 Å². The van der Waals surface area contributed by atoms with Gasteiger partial charge in [-0.1, -0.05) is 36.4 Å². The third-order valence-corrected chi connectivity index (χ3v) is 5.82. The molecule has 5 heteroatoms. The minimum atomic E-state index is -0.844. The zero-order valence-corrected chi connectivity index (χ0v) is 16.2. The largest absolute Gasteiger partial charge is 0.497 e. The van der Waals surface area contributed by atoms with Gasteiger partial charge < -0.3 is 14.6 Å². The maximum Gasteiger partial charge on any atom is 0.325 e. The van der Waals surface area contributed by atoms with Gasteiger partial charge in [-0.15, -0.1) is 0 Å². The molecule has 0 aliphatic carbocycles. The topological polar surface area (TPSA) is 59.0 Å². The summed E-state index contributed by atoms with van der Waals surface area (Å²) in [5.74, 6) is 0.361. The van der Waals surface area contributed by atoms with E-state index in [1.165, 1.54) is 11.1 Å². The average molecular weight is 379 g/mol. The minimum absolute atomic E-state index is 0.118. The van der Waals surface area contributed by atoms with Gasteiger partial charge in [0, 0.05) is 18.2 Å². The van der Waals surface area contributed by atoms with Gasteiger partial charge >= 0.3 is 5.97 Å². The van der Waals surface area contributed by atoms with Crippen molar-refractivity contribution in [3.63, 3.8) is 0 Å². The first kappa shape index (κ1) is 18.6. The molecule has 28 heavy (non-hydrogen) atoms. The number of carboxylic acids is 1. The Morgan fingerprint density at radius 3 is 2.32 bits per heavy atom. The Hall–Kier alpha value is -2.79. The average Bonchev–Trinajstić information content (AvgIpc) is 2.96. The van der Waals surface area contributed by atoms with E-state index in [0.717, 1.165) is 19.3 Å². The van der Waals surface area contributed by atoms with Crippen LogP contribution in [-0.4, -0.2) is 42.3 Å². The maximum absolute atomic E-state index is 12.3. The number of aliphatic carboxylic acids is 1. The lowest BCUT2D eigenvalue weighted by molar-refractivity contribution is -0.144. The Morgan fingerprint density at radius 1 is 1.07 bits per heavy atom. The van der Waals surface area contributed by atoms with Crippen LogP contribution in [0.2, 0.25) is 0 Å². The zero-order valence-electron chi connectivity index (χ0n) is 16.2. The number of methoxy groups -OCH3 is 2. The fourth-order valence-electron chi connectivity index (χ4n) is 4.56. The van der Waals surface area contributed by atoms with Gasteiger partial charge in [-0.2, -0.15) is 0 Å². The van der Waals surface area contributed by atoms with Crippen molar-refractivity contribution in [2.75, 3.05) is 14.2 Å². The van der Waals surface area contributed by atoms with Crippen LogP contribution < -0.4 is 9.47 Å². The first-order chi connectivity index (χ1) is 13.6. The molecule has 2 aliphatic rings. The molecule has 1 fully saturated rings. The molecule has 2 aromatic carbocycles. The van der Waals surface area contributed by atoms with E-state index in [1.54, 1.807) is 32.4 Å². The molecule has 3 atom stereocenters. The van der Waals surface area contributed by atoms with E-state index in [9.17, 15) is 9.90 Å². The van der Waals surface area contributed by atoms with E-state index in [4.69, 9.17) is 9.47 Å². The highest BCUT2D eigenvalue weighted by molar-refractivity contribution is 5.77. The van der Waals surface area contributed by atoms with Crippen molar-refractivity contribution in [3.05, 3.63) is 65.7 Å². The van der Waals surface area contributed by atoms with Gasteiger partial charge in [0.2, 0.25) is 0 Å². The summed E-state index contributed by atoms with van der Waals surface area (Å²) in [6, 6.07) is 15.3. The summed E-state index contributed by atoms with van der Waals surface area (Å²) < 4.78 is 10.7. The molecule has 2 bridgehead atoms. The lowest BCUT2D eigenvalue weighted by Crippen LogP contribution is -2.44. The fraction of sp³-hybridized carbons (Fsp3) is 0.348. The Morgan fingerprint density at radius 2 is 1.75 bits per heavy atom. The fourth-order valence-corrected chi connectivity index (χ4v) is 4.56. The maximum atomic E-state index is 12.3. The highest BCUT2D eigenvalue weighted by Gasteiger charge is 2.44. The second-order valence-electron chi connectivity index (χ2n) is 7.39. The highest BCUT2D eigenvalue weighted by Crippen LogP contribution is 2.44. The summed E-state index contributed by atoms with van der Waals surface area (Å²) in [4.78, 5) is 14.5. The third-order valence-electron chi connectivity index (χ3n) is 5.82. The number of carboxylic acid groups (broad SMARTS) is 1. The van der Waals surface area contributed by atoms with Crippen LogP contribution in [0.15, 0.2) is 54.6 Å². The molecule has 2 heterocycles. The SMILES string of the molecule is COc1cc(OC)cc(C(C(=O)O)N2C3C=C(c4ccccc4)CC2CC3)c1. The summed E-state index contributed by atoms with van der Waals surface area (Å²) in [5.41, 5.74) is 3.24. The van der Waals surface area contributed by atoms with Crippen molar-refractivity contribution in [2.24, 2.45) is 0 Å². The monoisotopic (exact) mass is 379 g/mol. The Kier molecular flexibility index (Phi) is 5.09. The molecule has 0 aromatic heterocycles. The number of fused-ring (bicyclic) bond motifs is 2. The number of hydrogen-bond donors (Lipinski definition) is 1. The van der Waals surface area contributed by atoms with Gasteiger partial charge in [-0.3, -0.25) is 9.69 Å². The molecular formula is C23H25NO4. The van der Waals surface area contributed by atoms with Gasteiger partial charge in [0.25, 0.3) is 0 Å². The van der Waals surface area contributed by atoms with Crippen molar-refractivity contribution in [1.29, 1.82) is 0 Å². The van der Waals surface area contributed by atoms with Crippen molar-refractivity contribution in [3.8, 4) is 11.5 Å². The molecule has 2 aliphatic heterocycles. The van der Waals surface area contributed by atoms with Crippen LogP contribution in [0.25, 0.3) is 5.57 Å². The van der Waals surface area contributed by atoms with E-state index < -0.39 is 12.0 Å². The molecule has 3 unspecified atom stereocenters. The molecule has 5 nitrogen and oxygen atoms in total. The Bertz CT molecular complexity index is 870. The molecule has 2 aromatic rings. The second-order valence-corrected chi connectivity index (χ2v) is 7.39. The van der Waals surface area contributed by atoms with Crippen molar-refractivity contribution >= 4 is 11.5 Å². The summed E-state index contributed by atoms with van der Waals surface area (Å²) in [5, 5.41) is 10.1. The number of nitrogens with zero attached hydrogens (tertiary/aromatic N) is 1. The highest BCUT2D eigenvalue weighted by atomic mass is 16.5. The molecular weight excluding hydrogens is 354 g/mol. The van der Waals surface area contributed by atoms with E-state index in [-0.39, 0.29) is 12.1 Å². The molecule has 4 rings (SSSR count). The predicted octanol–water partition coefficient (Wildman–Crippen LogP) is 4.15. The van der Waals surface area contributed by atoms with Crippen LogP contribution in [0.4, 0.5) is 0 Å². The van der Waals surface area contributed by atoms with Gasteiger partial charge in [0.05, 0.1) is 14.2 Å². The van der Waals surface area contributed by atoms with Gasteiger partial charge in [0.15, 0.2) is 0 Å². The lowest BCUT2D eigenvalue weighted by Gasteiger charge is -2.38. The predicted molar refractivity (Wildman–Crippen MR) is 108 cm³/mol. The summed E-state index contributed by atoms with van der Waals surface area (Å²) in [6.45, 7) is 0. The number of ether oxygens (including phenoxy) is 2. The summed E-state index contributed by atoms with van der Waals surface area (Å²) in [7, 11) is 3.15.